The van der Waals surface area contributed by atoms with E-state index >= 15 is 0 Å². The highest BCUT2D eigenvalue weighted by Gasteiger charge is 2.63. The first-order chi connectivity index (χ1) is 21.7. The van der Waals surface area contributed by atoms with Gasteiger partial charge in [-0.15, -0.1) is 11.6 Å². The number of carbonyl (C=O) groups is 4. The van der Waals surface area contributed by atoms with Crippen LogP contribution in [-0.4, -0.2) is 45.4 Å². The van der Waals surface area contributed by atoms with Gasteiger partial charge < -0.3 is 0 Å². The number of alkyl halides is 1. The van der Waals surface area contributed by atoms with Crippen molar-refractivity contribution in [1.29, 1.82) is 0 Å². The Morgan fingerprint density at radius 1 is 0.711 bits per heavy atom. The van der Waals surface area contributed by atoms with Crippen LogP contribution < -0.4 is 0 Å². The molecule has 4 aromatic rings. The van der Waals surface area contributed by atoms with Gasteiger partial charge in [0.2, 0.25) is 0 Å². The molecule has 4 aliphatic rings. The summed E-state index contributed by atoms with van der Waals surface area (Å²) < 4.78 is 0. The number of hydrazine groups is 1. The van der Waals surface area contributed by atoms with Crippen LogP contribution in [0.25, 0.3) is 0 Å². The molecule has 4 aromatic carbocycles. The maximum atomic E-state index is 14.7. The Morgan fingerprint density at radius 3 is 1.67 bits per heavy atom. The van der Waals surface area contributed by atoms with E-state index in [4.69, 9.17) is 46.4 Å². The van der Waals surface area contributed by atoms with Gasteiger partial charge in [0, 0.05) is 33.3 Å². The molecule has 3 aliphatic carbocycles. The number of benzene rings is 4. The van der Waals surface area contributed by atoms with Crippen LogP contribution in [0.15, 0.2) is 91.0 Å². The van der Waals surface area contributed by atoms with Crippen molar-refractivity contribution in [3.8, 4) is 0 Å². The number of Topliss-reactive ketones (excluding diaryl/α,β-unsaturated/α-hetero) is 1. The van der Waals surface area contributed by atoms with Crippen molar-refractivity contribution in [2.45, 2.75) is 24.3 Å². The minimum Gasteiger partial charge on any atom is -0.292 e. The second-order valence-electron chi connectivity index (χ2n) is 11.4. The van der Waals surface area contributed by atoms with Crippen LogP contribution in [0.5, 0.6) is 0 Å². The van der Waals surface area contributed by atoms with Crippen molar-refractivity contribution < 1.29 is 19.2 Å². The maximum Gasteiger partial charge on any atom is 0.275 e. The third-order valence-electron chi connectivity index (χ3n) is 9.12. The zero-order valence-electron chi connectivity index (χ0n) is 23.5. The highest BCUT2D eigenvalue weighted by molar-refractivity contribution is 6.37. The largest absolute Gasteiger partial charge is 0.292 e. The summed E-state index contributed by atoms with van der Waals surface area (Å²) in [5.74, 6) is -4.78. The Hall–Kier alpha value is -3.68. The van der Waals surface area contributed by atoms with E-state index in [0.29, 0.717) is 10.0 Å². The SMILES string of the molecule is O=C(c1ccc(Cl)cc1)[C@@H](CCCl)N(C(=O)c1ccc(Cl)cc1Cl)N1C(=O)[C@@H]2C3c4ccccc4C(c4ccccc43)[C@@H]2C1=O. The monoisotopic (exact) mass is 676 g/mol. The Morgan fingerprint density at radius 2 is 1.20 bits per heavy atom. The van der Waals surface area contributed by atoms with Crippen LogP contribution in [0, 0.1) is 11.8 Å². The lowest BCUT2D eigenvalue weighted by Crippen LogP contribution is -2.57. The van der Waals surface area contributed by atoms with Gasteiger partial charge in [-0.2, -0.15) is 5.01 Å². The molecule has 10 heteroatoms. The van der Waals surface area contributed by atoms with Gasteiger partial charge in [0.15, 0.2) is 5.78 Å². The molecule has 1 saturated heterocycles. The van der Waals surface area contributed by atoms with Crippen molar-refractivity contribution >= 4 is 69.9 Å². The highest BCUT2D eigenvalue weighted by atomic mass is 35.5. The highest BCUT2D eigenvalue weighted by Crippen LogP contribution is 2.61. The van der Waals surface area contributed by atoms with Gasteiger partial charge in [-0.05, 0) is 71.1 Å². The Bertz CT molecular complexity index is 1780. The summed E-state index contributed by atoms with van der Waals surface area (Å²) in [6.45, 7) is 0. The van der Waals surface area contributed by atoms with Crippen molar-refractivity contribution in [2.75, 3.05) is 5.88 Å². The van der Waals surface area contributed by atoms with Crippen LogP contribution in [0.2, 0.25) is 15.1 Å². The van der Waals surface area contributed by atoms with Crippen molar-refractivity contribution in [2.24, 2.45) is 11.8 Å². The first-order valence-corrected chi connectivity index (χ1v) is 16.1. The van der Waals surface area contributed by atoms with Crippen molar-refractivity contribution in [1.82, 2.24) is 10.0 Å². The lowest BCUT2D eigenvalue weighted by molar-refractivity contribution is -0.156. The molecule has 1 aliphatic heterocycles. The fourth-order valence-electron chi connectivity index (χ4n) is 7.31. The maximum absolute atomic E-state index is 14.7. The minimum absolute atomic E-state index is 0.0115. The molecule has 226 valence electrons. The van der Waals surface area contributed by atoms with E-state index in [-0.39, 0.29) is 28.5 Å². The number of hydrogen-bond acceptors (Lipinski definition) is 4. The molecule has 0 spiro atoms. The summed E-state index contributed by atoms with van der Waals surface area (Å²) in [5.41, 5.74) is 4.16. The average Bonchev–Trinajstić information content (AvgIpc) is 3.30. The predicted octanol–water partition coefficient (Wildman–Crippen LogP) is 7.78. The zero-order chi connectivity index (χ0) is 31.6. The normalized spacial score (nSPS) is 21.6. The topological polar surface area (TPSA) is 74.8 Å². The quantitative estimate of drug-likeness (QED) is 0.114. The molecule has 8 rings (SSSR count). The van der Waals surface area contributed by atoms with E-state index in [9.17, 15) is 19.2 Å². The summed E-state index contributed by atoms with van der Waals surface area (Å²) in [6.07, 6.45) is -0.0420. The van der Waals surface area contributed by atoms with Gasteiger partial charge in [-0.3, -0.25) is 19.2 Å². The first-order valence-electron chi connectivity index (χ1n) is 14.4. The molecule has 0 saturated carbocycles. The standard InChI is InChI=1S/C35H24Cl4N2O4/c36-16-15-27(32(42)18-9-11-19(37)12-10-18)40(33(43)25-14-13-20(38)17-26(25)39)41-34(44)30-28-21-5-1-2-6-22(21)29(31(30)35(41)45)24-8-4-3-7-23(24)28/h1-14,17,27-31H,15-16H2/t27-,28?,29?,30-,31+/m1/s1. The van der Waals surface area contributed by atoms with Crippen molar-refractivity contribution in [3.05, 3.63) is 139 Å². The second kappa shape index (κ2) is 11.6. The zero-order valence-corrected chi connectivity index (χ0v) is 26.5. The number of halogens is 4. The minimum atomic E-state index is -1.31. The molecule has 0 unspecified atom stereocenters. The number of hydrogen-bond donors (Lipinski definition) is 0. The summed E-state index contributed by atoms with van der Waals surface area (Å²) in [4.78, 5) is 58.0. The number of nitrogens with zero attached hydrogens (tertiary/aromatic N) is 2. The smallest absolute Gasteiger partial charge is 0.275 e. The van der Waals surface area contributed by atoms with E-state index in [1.807, 2.05) is 48.5 Å². The number of rotatable bonds is 7. The molecule has 1 fully saturated rings. The number of ketones is 1. The van der Waals surface area contributed by atoms with Gasteiger partial charge in [-0.1, -0.05) is 83.3 Å². The van der Waals surface area contributed by atoms with Crippen LogP contribution in [0.1, 0.15) is 61.2 Å². The molecule has 0 aromatic heterocycles. The van der Waals surface area contributed by atoms with Crippen LogP contribution in [-0.2, 0) is 9.59 Å². The number of imide groups is 1. The Kier molecular flexibility index (Phi) is 7.73. The van der Waals surface area contributed by atoms with Crippen LogP contribution in [0.3, 0.4) is 0 Å². The molecule has 1 heterocycles. The van der Waals surface area contributed by atoms with Crippen LogP contribution in [0.4, 0.5) is 0 Å². The first kappa shape index (κ1) is 30.0. The molecular weight excluding hydrogens is 654 g/mol. The van der Waals surface area contributed by atoms with E-state index in [2.05, 4.69) is 0 Å². The molecule has 0 N–H and O–H groups in total. The fraction of sp³-hybridized carbons (Fsp3) is 0.200. The summed E-state index contributed by atoms with van der Waals surface area (Å²) >= 11 is 24.9. The average molecular weight is 678 g/mol. The van der Waals surface area contributed by atoms with Crippen molar-refractivity contribution in [3.63, 3.8) is 0 Å². The molecule has 6 nitrogen and oxygen atoms in total. The Balaban J connectivity index is 1.39. The lowest BCUT2D eigenvalue weighted by atomic mass is 9.55. The fourth-order valence-corrected chi connectivity index (χ4v) is 8.13. The van der Waals surface area contributed by atoms with E-state index in [0.717, 1.165) is 32.3 Å². The third-order valence-corrected chi connectivity index (χ3v) is 10.1. The molecule has 0 radical (unpaired) electrons. The van der Waals surface area contributed by atoms with Gasteiger partial charge in [-0.25, -0.2) is 5.01 Å². The summed E-state index contributed by atoms with van der Waals surface area (Å²) in [5, 5.41) is 2.60. The molecule has 3 atom stereocenters. The number of carbonyl (C=O) groups excluding carboxylic acids is 4. The van der Waals surface area contributed by atoms with E-state index < -0.39 is 53.2 Å². The summed E-state index contributed by atoms with van der Waals surface area (Å²) in [6, 6.07) is 24.9. The number of amides is 3. The third kappa shape index (κ3) is 4.69. The molecule has 45 heavy (non-hydrogen) atoms. The van der Waals surface area contributed by atoms with E-state index in [1.54, 1.807) is 12.1 Å². The molecular formula is C35H24Cl4N2O4. The van der Waals surface area contributed by atoms with E-state index in [1.165, 1.54) is 30.3 Å². The summed E-state index contributed by atoms with van der Waals surface area (Å²) in [7, 11) is 0. The molecule has 3 amide bonds. The van der Waals surface area contributed by atoms with Gasteiger partial charge in [0.1, 0.15) is 6.04 Å². The van der Waals surface area contributed by atoms with Gasteiger partial charge >= 0.3 is 0 Å². The Labute approximate surface area is 279 Å². The predicted molar refractivity (Wildman–Crippen MR) is 173 cm³/mol. The molecule has 2 bridgehead atoms. The second-order valence-corrected chi connectivity index (χ2v) is 13.0. The van der Waals surface area contributed by atoms with Gasteiger partial charge in [0.25, 0.3) is 17.7 Å². The van der Waals surface area contributed by atoms with Gasteiger partial charge in [0.05, 0.1) is 22.4 Å². The lowest BCUT2D eigenvalue weighted by Gasteiger charge is -2.45. The van der Waals surface area contributed by atoms with Crippen LogP contribution >= 0.6 is 46.4 Å².